The molecule has 0 saturated carbocycles. The van der Waals surface area contributed by atoms with E-state index in [1.54, 1.807) is 0 Å². The first-order chi connectivity index (χ1) is 13.9. The Morgan fingerprint density at radius 3 is 1.50 bits per heavy atom. The minimum Gasteiger partial charge on any atom is -0.368 e. The summed E-state index contributed by atoms with van der Waals surface area (Å²) in [4.78, 5) is 14.0. The zero-order valence-corrected chi connectivity index (χ0v) is 15.5. The second-order valence-corrected chi connectivity index (χ2v) is 6.88. The van der Waals surface area contributed by atoms with Crippen molar-refractivity contribution >= 4 is 11.7 Å². The molecule has 3 aromatic rings. The molecule has 0 spiro atoms. The molecular weight excluding hydrogens is 346 g/mol. The molecule has 0 aliphatic carbocycles. The highest BCUT2D eigenvalue weighted by atomic mass is 15.1. The van der Waals surface area contributed by atoms with Crippen LogP contribution in [0.15, 0.2) is 76.7 Å². The molecule has 0 saturated heterocycles. The van der Waals surface area contributed by atoms with E-state index in [0.717, 1.165) is 71.5 Å². The van der Waals surface area contributed by atoms with Crippen LogP contribution in [0.4, 0.5) is 0 Å². The lowest BCUT2D eigenvalue weighted by atomic mass is 10.0. The van der Waals surface area contributed by atoms with Gasteiger partial charge in [0.1, 0.15) is 11.7 Å². The van der Waals surface area contributed by atoms with Gasteiger partial charge in [-0.25, -0.2) is 4.98 Å². The maximum absolute atomic E-state index is 4.93. The summed E-state index contributed by atoms with van der Waals surface area (Å²) in [5, 5.41) is 6.67. The highest BCUT2D eigenvalue weighted by Crippen LogP contribution is 2.24. The molecule has 5 rings (SSSR count). The van der Waals surface area contributed by atoms with E-state index < -0.39 is 0 Å². The van der Waals surface area contributed by atoms with E-state index in [2.05, 4.69) is 87.3 Å². The molecule has 138 valence electrons. The molecule has 5 nitrogen and oxygen atoms in total. The predicted molar refractivity (Wildman–Crippen MR) is 114 cm³/mol. The van der Waals surface area contributed by atoms with Crippen molar-refractivity contribution in [1.82, 2.24) is 15.6 Å². The molecule has 0 unspecified atom stereocenters. The summed E-state index contributed by atoms with van der Waals surface area (Å²) in [6.07, 6.45) is 0. The number of hydrogen-bond acceptors (Lipinski definition) is 5. The standard InChI is InChI=1S/C23H21N5/c1-4-16(14-18(6-1)22-24-10-11-25-22)20-8-3-9-21(28-20)17-5-2-7-19(15-17)23-26-12-13-27-23/h1-9,14-15H,10-13H2,(H,24,25)(H,26,27). The summed E-state index contributed by atoms with van der Waals surface area (Å²) < 4.78 is 0. The Balaban J connectivity index is 1.49. The van der Waals surface area contributed by atoms with Crippen LogP contribution >= 0.6 is 0 Å². The minimum atomic E-state index is 0.837. The lowest BCUT2D eigenvalue weighted by molar-refractivity contribution is 0.960. The van der Waals surface area contributed by atoms with Crippen LogP contribution in [0.5, 0.6) is 0 Å². The van der Waals surface area contributed by atoms with Gasteiger partial charge in [-0.1, -0.05) is 42.5 Å². The van der Waals surface area contributed by atoms with Crippen LogP contribution in [-0.4, -0.2) is 42.8 Å². The van der Waals surface area contributed by atoms with Crippen molar-refractivity contribution in [3.05, 3.63) is 77.9 Å². The summed E-state index contributed by atoms with van der Waals surface area (Å²) in [5.74, 6) is 1.94. The molecule has 0 bridgehead atoms. The van der Waals surface area contributed by atoms with Crippen LogP contribution in [-0.2, 0) is 0 Å². The molecule has 0 amide bonds. The minimum absolute atomic E-state index is 0.837. The van der Waals surface area contributed by atoms with Crippen LogP contribution < -0.4 is 10.6 Å². The molecule has 28 heavy (non-hydrogen) atoms. The van der Waals surface area contributed by atoms with Crippen molar-refractivity contribution < 1.29 is 0 Å². The number of nitrogens with one attached hydrogen (secondary N) is 2. The van der Waals surface area contributed by atoms with Gasteiger partial charge >= 0.3 is 0 Å². The number of benzene rings is 2. The Morgan fingerprint density at radius 2 is 1.04 bits per heavy atom. The summed E-state index contributed by atoms with van der Waals surface area (Å²) in [6.45, 7) is 3.49. The average Bonchev–Trinajstić information content (AvgIpc) is 3.48. The first-order valence-corrected chi connectivity index (χ1v) is 9.62. The van der Waals surface area contributed by atoms with E-state index in [-0.39, 0.29) is 0 Å². The fourth-order valence-electron chi connectivity index (χ4n) is 3.59. The number of amidine groups is 2. The third kappa shape index (κ3) is 3.27. The van der Waals surface area contributed by atoms with E-state index in [1.165, 1.54) is 0 Å². The van der Waals surface area contributed by atoms with E-state index in [9.17, 15) is 0 Å². The second kappa shape index (κ2) is 7.27. The lowest BCUT2D eigenvalue weighted by Gasteiger charge is -2.09. The summed E-state index contributed by atoms with van der Waals surface area (Å²) >= 11 is 0. The van der Waals surface area contributed by atoms with Crippen LogP contribution in [0.2, 0.25) is 0 Å². The maximum atomic E-state index is 4.93. The fourth-order valence-corrected chi connectivity index (χ4v) is 3.59. The van der Waals surface area contributed by atoms with Gasteiger partial charge < -0.3 is 10.6 Å². The molecule has 2 aliphatic heterocycles. The van der Waals surface area contributed by atoms with Gasteiger partial charge in [-0.3, -0.25) is 9.98 Å². The van der Waals surface area contributed by atoms with E-state index in [1.807, 2.05) is 0 Å². The fraction of sp³-hybridized carbons (Fsp3) is 0.174. The number of pyridine rings is 1. The molecule has 2 N–H and O–H groups in total. The molecule has 1 aromatic heterocycles. The van der Waals surface area contributed by atoms with Crippen molar-refractivity contribution in [3.63, 3.8) is 0 Å². The zero-order chi connectivity index (χ0) is 18.8. The first kappa shape index (κ1) is 16.7. The summed E-state index contributed by atoms with van der Waals surface area (Å²) in [7, 11) is 0. The largest absolute Gasteiger partial charge is 0.368 e. The smallest absolute Gasteiger partial charge is 0.128 e. The quantitative estimate of drug-likeness (QED) is 0.745. The lowest BCUT2D eigenvalue weighted by Crippen LogP contribution is -2.19. The van der Waals surface area contributed by atoms with Crippen LogP contribution in [0.1, 0.15) is 11.1 Å². The predicted octanol–water partition coefficient (Wildman–Crippen LogP) is 3.12. The van der Waals surface area contributed by atoms with Crippen LogP contribution in [0.25, 0.3) is 22.5 Å². The Hall–Kier alpha value is -3.47. The van der Waals surface area contributed by atoms with Crippen LogP contribution in [0, 0.1) is 0 Å². The van der Waals surface area contributed by atoms with Gasteiger partial charge in [0.25, 0.3) is 0 Å². The number of aromatic nitrogens is 1. The Bertz CT molecular complexity index is 1000. The molecule has 2 aromatic carbocycles. The third-order valence-electron chi connectivity index (χ3n) is 4.96. The Labute approximate surface area is 164 Å². The zero-order valence-electron chi connectivity index (χ0n) is 15.5. The summed E-state index contributed by atoms with van der Waals surface area (Å²) in [6, 6.07) is 23.0. The topological polar surface area (TPSA) is 61.7 Å². The van der Waals surface area contributed by atoms with Gasteiger partial charge in [-0.2, -0.15) is 0 Å². The molecule has 0 radical (unpaired) electrons. The van der Waals surface area contributed by atoms with Crippen molar-refractivity contribution in [2.75, 3.05) is 26.2 Å². The Kier molecular flexibility index (Phi) is 4.33. The van der Waals surface area contributed by atoms with Crippen molar-refractivity contribution in [2.24, 2.45) is 9.98 Å². The van der Waals surface area contributed by atoms with Gasteiger partial charge in [0, 0.05) is 35.3 Å². The normalized spacial score (nSPS) is 15.6. The van der Waals surface area contributed by atoms with Crippen molar-refractivity contribution in [3.8, 4) is 22.5 Å². The molecule has 2 aliphatic rings. The first-order valence-electron chi connectivity index (χ1n) is 9.62. The van der Waals surface area contributed by atoms with E-state index in [4.69, 9.17) is 4.98 Å². The Morgan fingerprint density at radius 1 is 0.571 bits per heavy atom. The van der Waals surface area contributed by atoms with Gasteiger partial charge in [0.15, 0.2) is 0 Å². The summed E-state index contributed by atoms with van der Waals surface area (Å²) in [5.41, 5.74) is 6.31. The molecule has 3 heterocycles. The van der Waals surface area contributed by atoms with Crippen molar-refractivity contribution in [2.45, 2.75) is 0 Å². The van der Waals surface area contributed by atoms with Gasteiger partial charge in [-0.15, -0.1) is 0 Å². The van der Waals surface area contributed by atoms with Gasteiger partial charge in [0.2, 0.25) is 0 Å². The molecular formula is C23H21N5. The second-order valence-electron chi connectivity index (χ2n) is 6.88. The highest BCUT2D eigenvalue weighted by molar-refractivity contribution is 6.01. The third-order valence-corrected chi connectivity index (χ3v) is 4.96. The van der Waals surface area contributed by atoms with E-state index >= 15 is 0 Å². The maximum Gasteiger partial charge on any atom is 0.128 e. The SMILES string of the molecule is c1cc(C2=NCCN2)cc(-c2cccc(-c3cccc(C4=NCCN4)c3)n2)c1. The van der Waals surface area contributed by atoms with Gasteiger partial charge in [0.05, 0.1) is 24.5 Å². The molecule has 0 fully saturated rings. The number of aliphatic imine (C=N–C) groups is 2. The molecule has 5 heteroatoms. The van der Waals surface area contributed by atoms with Crippen molar-refractivity contribution in [1.29, 1.82) is 0 Å². The van der Waals surface area contributed by atoms with Gasteiger partial charge in [-0.05, 0) is 24.3 Å². The molecule has 0 atom stereocenters. The van der Waals surface area contributed by atoms with E-state index in [0.29, 0.717) is 0 Å². The monoisotopic (exact) mass is 367 g/mol. The average molecular weight is 367 g/mol. The van der Waals surface area contributed by atoms with Crippen LogP contribution in [0.3, 0.4) is 0 Å². The highest BCUT2D eigenvalue weighted by Gasteiger charge is 2.12. The number of hydrogen-bond donors (Lipinski definition) is 2. The number of rotatable bonds is 4. The number of nitrogens with zero attached hydrogens (tertiary/aromatic N) is 3.